The number of amides is 2. The van der Waals surface area contributed by atoms with Gasteiger partial charge < -0.3 is 15.2 Å². The van der Waals surface area contributed by atoms with E-state index in [0.717, 1.165) is 11.3 Å². The highest BCUT2D eigenvalue weighted by molar-refractivity contribution is 7.12. The molecule has 2 heterocycles. The Morgan fingerprint density at radius 3 is 2.41 bits per heavy atom. The summed E-state index contributed by atoms with van der Waals surface area (Å²) >= 11 is 1.40. The number of imidazole rings is 1. The molecule has 29 heavy (non-hydrogen) atoms. The zero-order valence-electron chi connectivity index (χ0n) is 15.4. The maximum atomic E-state index is 12.5. The van der Waals surface area contributed by atoms with E-state index >= 15 is 0 Å². The number of carbonyl (C=O) groups is 2. The maximum Gasteiger partial charge on any atom is 0.261 e. The van der Waals surface area contributed by atoms with E-state index in [1.165, 1.54) is 11.3 Å². The van der Waals surface area contributed by atoms with Gasteiger partial charge in [0.1, 0.15) is 0 Å². The van der Waals surface area contributed by atoms with Crippen LogP contribution in [0.15, 0.2) is 84.8 Å². The van der Waals surface area contributed by atoms with Crippen molar-refractivity contribution in [3.8, 4) is 5.69 Å². The average Bonchev–Trinajstić information content (AvgIpc) is 3.47. The van der Waals surface area contributed by atoms with Gasteiger partial charge in [-0.05, 0) is 53.4 Å². The molecule has 0 saturated heterocycles. The van der Waals surface area contributed by atoms with Gasteiger partial charge in [-0.1, -0.05) is 18.2 Å². The first-order valence-electron chi connectivity index (χ1n) is 8.99. The molecule has 0 spiro atoms. The van der Waals surface area contributed by atoms with Crippen LogP contribution in [0.4, 0.5) is 5.69 Å². The molecule has 0 atom stereocenters. The third-order valence-corrected chi connectivity index (χ3v) is 5.21. The van der Waals surface area contributed by atoms with E-state index in [0.29, 0.717) is 22.7 Å². The molecule has 4 rings (SSSR count). The number of aromatic nitrogens is 2. The molecule has 0 aliphatic rings. The second kappa shape index (κ2) is 8.53. The van der Waals surface area contributed by atoms with Gasteiger partial charge in [-0.3, -0.25) is 9.59 Å². The minimum absolute atomic E-state index is 0.0963. The van der Waals surface area contributed by atoms with Crippen LogP contribution in [-0.4, -0.2) is 21.4 Å². The highest BCUT2D eigenvalue weighted by atomic mass is 32.1. The zero-order valence-corrected chi connectivity index (χ0v) is 16.2. The van der Waals surface area contributed by atoms with Crippen LogP contribution in [-0.2, 0) is 6.54 Å². The summed E-state index contributed by atoms with van der Waals surface area (Å²) in [5.41, 5.74) is 3.16. The van der Waals surface area contributed by atoms with E-state index in [1.54, 1.807) is 30.7 Å². The van der Waals surface area contributed by atoms with Crippen molar-refractivity contribution in [2.45, 2.75) is 6.54 Å². The van der Waals surface area contributed by atoms with Crippen LogP contribution >= 0.6 is 11.3 Å². The Kier molecular flexibility index (Phi) is 5.49. The fraction of sp³-hybridized carbons (Fsp3) is 0.0455. The number of thiophene rings is 1. The monoisotopic (exact) mass is 402 g/mol. The van der Waals surface area contributed by atoms with Crippen LogP contribution in [0.5, 0.6) is 0 Å². The zero-order chi connectivity index (χ0) is 20.1. The molecule has 0 saturated carbocycles. The van der Waals surface area contributed by atoms with Crippen LogP contribution < -0.4 is 10.6 Å². The highest BCUT2D eigenvalue weighted by Gasteiger charge is 2.08. The second-order valence-electron chi connectivity index (χ2n) is 6.33. The number of carbonyl (C=O) groups excluding carboxylic acids is 2. The molecule has 7 heteroatoms. The predicted octanol–water partition coefficient (Wildman–Crippen LogP) is 4.12. The molecule has 4 aromatic rings. The van der Waals surface area contributed by atoms with E-state index in [1.807, 2.05) is 58.6 Å². The second-order valence-corrected chi connectivity index (χ2v) is 7.28. The number of benzene rings is 2. The molecule has 144 valence electrons. The Bertz CT molecular complexity index is 1090. The van der Waals surface area contributed by atoms with Crippen LogP contribution in [0.3, 0.4) is 0 Å². The number of hydrogen-bond donors (Lipinski definition) is 2. The number of nitrogens with zero attached hydrogens (tertiary/aromatic N) is 2. The Morgan fingerprint density at radius 2 is 1.76 bits per heavy atom. The van der Waals surface area contributed by atoms with Crippen molar-refractivity contribution in [3.63, 3.8) is 0 Å². The van der Waals surface area contributed by atoms with Gasteiger partial charge in [-0.2, -0.15) is 0 Å². The number of hydrogen-bond acceptors (Lipinski definition) is 4. The lowest BCUT2D eigenvalue weighted by Gasteiger charge is -2.08. The average molecular weight is 402 g/mol. The molecule has 2 N–H and O–H groups in total. The molecule has 0 aliphatic heterocycles. The topological polar surface area (TPSA) is 76.0 Å². The van der Waals surface area contributed by atoms with Gasteiger partial charge in [0.2, 0.25) is 0 Å². The maximum absolute atomic E-state index is 12.5. The number of anilines is 1. The fourth-order valence-electron chi connectivity index (χ4n) is 2.78. The van der Waals surface area contributed by atoms with Crippen molar-refractivity contribution in [1.29, 1.82) is 0 Å². The van der Waals surface area contributed by atoms with Gasteiger partial charge in [0.25, 0.3) is 11.8 Å². The van der Waals surface area contributed by atoms with Gasteiger partial charge in [0.05, 0.1) is 11.2 Å². The summed E-state index contributed by atoms with van der Waals surface area (Å²) in [6, 6.07) is 18.3. The number of rotatable bonds is 6. The molecule has 2 aromatic carbocycles. The normalized spacial score (nSPS) is 10.5. The Labute approximate surface area is 171 Å². The van der Waals surface area contributed by atoms with Crippen molar-refractivity contribution < 1.29 is 9.59 Å². The summed E-state index contributed by atoms with van der Waals surface area (Å²) < 4.78 is 1.89. The molecule has 0 unspecified atom stereocenters. The van der Waals surface area contributed by atoms with Gasteiger partial charge in [-0.15, -0.1) is 11.3 Å². The van der Waals surface area contributed by atoms with Crippen molar-refractivity contribution >= 4 is 28.8 Å². The van der Waals surface area contributed by atoms with E-state index in [4.69, 9.17) is 0 Å². The Morgan fingerprint density at radius 1 is 0.966 bits per heavy atom. The van der Waals surface area contributed by atoms with Crippen LogP contribution in [0.2, 0.25) is 0 Å². The summed E-state index contributed by atoms with van der Waals surface area (Å²) in [5, 5.41) is 7.63. The van der Waals surface area contributed by atoms with Crippen LogP contribution in [0.1, 0.15) is 25.6 Å². The standard InChI is InChI=1S/C22H18N4O2S/c27-21(25-18-7-9-19(10-8-18)26-12-11-23-15-26)17-5-3-16(4-6-17)14-24-22(28)20-2-1-13-29-20/h1-13,15H,14H2,(H,24,28)(H,25,27). The molecule has 0 bridgehead atoms. The van der Waals surface area contributed by atoms with E-state index in [9.17, 15) is 9.59 Å². The van der Waals surface area contributed by atoms with Crippen LogP contribution in [0.25, 0.3) is 5.69 Å². The van der Waals surface area contributed by atoms with Crippen molar-refractivity contribution in [1.82, 2.24) is 14.9 Å². The quantitative estimate of drug-likeness (QED) is 0.509. The van der Waals surface area contributed by atoms with Crippen molar-refractivity contribution in [2.75, 3.05) is 5.32 Å². The minimum Gasteiger partial charge on any atom is -0.347 e. The van der Waals surface area contributed by atoms with E-state index in [2.05, 4.69) is 15.6 Å². The molecule has 0 fully saturated rings. The molecule has 6 nitrogen and oxygen atoms in total. The van der Waals surface area contributed by atoms with E-state index < -0.39 is 0 Å². The summed E-state index contributed by atoms with van der Waals surface area (Å²) in [6.45, 7) is 0.411. The largest absolute Gasteiger partial charge is 0.347 e. The lowest BCUT2D eigenvalue weighted by atomic mass is 10.1. The van der Waals surface area contributed by atoms with Crippen LogP contribution in [0, 0.1) is 0 Å². The Hall–Kier alpha value is -3.71. The summed E-state index contributed by atoms with van der Waals surface area (Å²) in [4.78, 5) is 29.2. The van der Waals surface area contributed by atoms with Crippen molar-refractivity contribution in [2.24, 2.45) is 0 Å². The molecule has 0 aliphatic carbocycles. The number of nitrogens with one attached hydrogen (secondary N) is 2. The third kappa shape index (κ3) is 4.59. The fourth-order valence-corrected chi connectivity index (χ4v) is 3.42. The molecular formula is C22H18N4O2S. The third-order valence-electron chi connectivity index (χ3n) is 4.34. The van der Waals surface area contributed by atoms with E-state index in [-0.39, 0.29) is 11.8 Å². The first-order valence-corrected chi connectivity index (χ1v) is 9.87. The highest BCUT2D eigenvalue weighted by Crippen LogP contribution is 2.15. The lowest BCUT2D eigenvalue weighted by Crippen LogP contribution is -2.21. The summed E-state index contributed by atoms with van der Waals surface area (Å²) in [7, 11) is 0. The molecule has 2 aromatic heterocycles. The van der Waals surface area contributed by atoms with Gasteiger partial charge in [0.15, 0.2) is 0 Å². The molecular weight excluding hydrogens is 384 g/mol. The predicted molar refractivity (Wildman–Crippen MR) is 113 cm³/mol. The SMILES string of the molecule is O=C(Nc1ccc(-n2ccnc2)cc1)c1ccc(CNC(=O)c2cccs2)cc1. The lowest BCUT2D eigenvalue weighted by molar-refractivity contribution is 0.0953. The van der Waals surface area contributed by atoms with Crippen molar-refractivity contribution in [3.05, 3.63) is 101 Å². The smallest absolute Gasteiger partial charge is 0.261 e. The minimum atomic E-state index is -0.186. The van der Waals surface area contributed by atoms with Gasteiger partial charge >= 0.3 is 0 Å². The van der Waals surface area contributed by atoms with Gasteiger partial charge in [-0.25, -0.2) is 4.98 Å². The Balaban J connectivity index is 1.33. The first-order chi connectivity index (χ1) is 14.2. The first kappa shape index (κ1) is 18.6. The summed E-state index contributed by atoms with van der Waals surface area (Å²) in [5.74, 6) is -0.282. The summed E-state index contributed by atoms with van der Waals surface area (Å²) in [6.07, 6.45) is 5.29. The molecule has 0 radical (unpaired) electrons. The van der Waals surface area contributed by atoms with Gasteiger partial charge in [0, 0.05) is 35.9 Å². The molecule has 2 amide bonds.